The summed E-state index contributed by atoms with van der Waals surface area (Å²) in [6.07, 6.45) is 6.65. The van der Waals surface area contributed by atoms with Crippen molar-refractivity contribution >= 4 is 11.9 Å². The zero-order chi connectivity index (χ0) is 13.2. The van der Waals surface area contributed by atoms with Gasteiger partial charge < -0.3 is 9.47 Å². The summed E-state index contributed by atoms with van der Waals surface area (Å²) < 4.78 is 10.5. The summed E-state index contributed by atoms with van der Waals surface area (Å²) in [5, 5.41) is 0. The zero-order valence-electron chi connectivity index (χ0n) is 11.2. The largest absolute Gasteiger partial charge is 0.468 e. The maximum Gasteiger partial charge on any atom is 0.315 e. The second-order valence-corrected chi connectivity index (χ2v) is 5.50. The van der Waals surface area contributed by atoms with Gasteiger partial charge in [0.15, 0.2) is 0 Å². The maximum atomic E-state index is 12.3. The third-order valence-corrected chi connectivity index (χ3v) is 4.59. The fourth-order valence-corrected chi connectivity index (χ4v) is 3.86. The van der Waals surface area contributed by atoms with E-state index in [4.69, 9.17) is 9.47 Å². The van der Waals surface area contributed by atoms with Crippen LogP contribution >= 0.6 is 0 Å². The second kappa shape index (κ2) is 5.29. The number of ether oxygens (including phenoxy) is 2. The van der Waals surface area contributed by atoms with Gasteiger partial charge in [-0.15, -0.1) is 0 Å². The molecule has 0 heterocycles. The van der Waals surface area contributed by atoms with Gasteiger partial charge >= 0.3 is 11.9 Å². The van der Waals surface area contributed by atoms with Crippen LogP contribution in [0, 0.1) is 11.3 Å². The molecule has 2 fully saturated rings. The molecular formula is C14H22O4. The predicted molar refractivity (Wildman–Crippen MR) is 65.8 cm³/mol. The molecule has 2 aliphatic rings. The SMILES string of the molecule is COC(=O)C1(C2CCCC2)CCCC1OC(C)=O. The number of carbonyl (C=O) groups is 2. The number of hydrogen-bond acceptors (Lipinski definition) is 4. The van der Waals surface area contributed by atoms with E-state index in [1.165, 1.54) is 14.0 Å². The Morgan fingerprint density at radius 3 is 2.33 bits per heavy atom. The molecule has 2 unspecified atom stereocenters. The van der Waals surface area contributed by atoms with Gasteiger partial charge in [0.05, 0.1) is 7.11 Å². The predicted octanol–water partition coefficient (Wildman–Crippen LogP) is 2.45. The van der Waals surface area contributed by atoms with Gasteiger partial charge in [0.25, 0.3) is 0 Å². The van der Waals surface area contributed by atoms with Crippen LogP contribution in [0.1, 0.15) is 51.9 Å². The lowest BCUT2D eigenvalue weighted by Crippen LogP contribution is -2.46. The highest BCUT2D eigenvalue weighted by molar-refractivity contribution is 5.79. The molecule has 0 saturated heterocycles. The molecule has 0 N–H and O–H groups in total. The minimum atomic E-state index is -0.572. The normalized spacial score (nSPS) is 32.4. The minimum Gasteiger partial charge on any atom is -0.468 e. The number of hydrogen-bond donors (Lipinski definition) is 0. The van der Waals surface area contributed by atoms with Crippen LogP contribution < -0.4 is 0 Å². The lowest BCUT2D eigenvalue weighted by atomic mass is 9.71. The molecule has 2 aliphatic carbocycles. The topological polar surface area (TPSA) is 52.6 Å². The minimum absolute atomic E-state index is 0.182. The Bertz CT molecular complexity index is 333. The summed E-state index contributed by atoms with van der Waals surface area (Å²) >= 11 is 0. The summed E-state index contributed by atoms with van der Waals surface area (Å²) in [5.41, 5.74) is -0.572. The Hall–Kier alpha value is -1.06. The molecule has 2 atom stereocenters. The molecule has 4 nitrogen and oxygen atoms in total. The van der Waals surface area contributed by atoms with Crippen molar-refractivity contribution in [1.82, 2.24) is 0 Å². The van der Waals surface area contributed by atoms with Gasteiger partial charge in [-0.25, -0.2) is 0 Å². The molecule has 2 rings (SSSR count). The molecule has 2 saturated carbocycles. The van der Waals surface area contributed by atoms with E-state index in [2.05, 4.69) is 0 Å². The van der Waals surface area contributed by atoms with Crippen LogP contribution in [0.5, 0.6) is 0 Å². The summed E-state index contributed by atoms with van der Waals surface area (Å²) in [6.45, 7) is 1.41. The van der Waals surface area contributed by atoms with Crippen molar-refractivity contribution in [2.24, 2.45) is 11.3 Å². The van der Waals surface area contributed by atoms with Crippen LogP contribution in [0.4, 0.5) is 0 Å². The van der Waals surface area contributed by atoms with Gasteiger partial charge in [-0.1, -0.05) is 12.8 Å². The molecule has 0 aromatic carbocycles. The third-order valence-electron chi connectivity index (χ3n) is 4.59. The molecule has 0 spiro atoms. The van der Waals surface area contributed by atoms with Crippen molar-refractivity contribution in [3.63, 3.8) is 0 Å². The first-order valence-corrected chi connectivity index (χ1v) is 6.87. The summed E-state index contributed by atoms with van der Waals surface area (Å²) in [7, 11) is 1.43. The first kappa shape index (κ1) is 13.4. The monoisotopic (exact) mass is 254 g/mol. The summed E-state index contributed by atoms with van der Waals surface area (Å²) in [4.78, 5) is 23.5. The van der Waals surface area contributed by atoms with Crippen molar-refractivity contribution in [1.29, 1.82) is 0 Å². The molecule has 0 aromatic rings. The number of methoxy groups -OCH3 is 1. The highest BCUT2D eigenvalue weighted by atomic mass is 16.6. The van der Waals surface area contributed by atoms with Crippen molar-refractivity contribution in [2.45, 2.75) is 58.0 Å². The third kappa shape index (κ3) is 2.13. The molecule has 0 bridgehead atoms. The lowest BCUT2D eigenvalue weighted by Gasteiger charge is -2.37. The quantitative estimate of drug-likeness (QED) is 0.726. The lowest BCUT2D eigenvalue weighted by molar-refractivity contribution is -0.172. The first-order chi connectivity index (χ1) is 8.61. The molecule has 0 radical (unpaired) electrons. The smallest absolute Gasteiger partial charge is 0.315 e. The summed E-state index contributed by atoms with van der Waals surface area (Å²) in [6, 6.07) is 0. The average Bonchev–Trinajstić information content (AvgIpc) is 2.96. The van der Waals surface area contributed by atoms with Gasteiger partial charge in [-0.05, 0) is 38.0 Å². The van der Waals surface area contributed by atoms with Crippen LogP contribution in [0.2, 0.25) is 0 Å². The second-order valence-electron chi connectivity index (χ2n) is 5.50. The average molecular weight is 254 g/mol. The fraction of sp³-hybridized carbons (Fsp3) is 0.857. The van der Waals surface area contributed by atoms with Gasteiger partial charge in [-0.3, -0.25) is 9.59 Å². The van der Waals surface area contributed by atoms with Crippen molar-refractivity contribution < 1.29 is 19.1 Å². The van der Waals surface area contributed by atoms with E-state index in [-0.39, 0.29) is 18.0 Å². The number of rotatable bonds is 3. The van der Waals surface area contributed by atoms with Gasteiger partial charge in [0.2, 0.25) is 0 Å². The molecule has 0 aliphatic heterocycles. The molecule has 18 heavy (non-hydrogen) atoms. The van der Waals surface area contributed by atoms with Gasteiger partial charge in [0.1, 0.15) is 11.5 Å². The Labute approximate surface area is 108 Å². The van der Waals surface area contributed by atoms with E-state index in [1.54, 1.807) is 0 Å². The van der Waals surface area contributed by atoms with E-state index in [0.717, 1.165) is 44.9 Å². The Morgan fingerprint density at radius 2 is 1.78 bits per heavy atom. The standard InChI is InChI=1S/C14H22O4/c1-10(15)18-12-8-5-9-14(12,13(16)17-2)11-6-3-4-7-11/h11-12H,3-9H2,1-2H3. The summed E-state index contributed by atoms with van der Waals surface area (Å²) in [5.74, 6) is -0.164. The number of esters is 2. The molecule has 0 amide bonds. The van der Waals surface area contributed by atoms with Crippen LogP contribution in [-0.4, -0.2) is 25.2 Å². The van der Waals surface area contributed by atoms with Gasteiger partial charge in [0, 0.05) is 6.92 Å². The van der Waals surface area contributed by atoms with Crippen molar-refractivity contribution in [2.75, 3.05) is 7.11 Å². The van der Waals surface area contributed by atoms with Crippen molar-refractivity contribution in [3.05, 3.63) is 0 Å². The molecular weight excluding hydrogens is 232 g/mol. The fourth-order valence-electron chi connectivity index (χ4n) is 3.86. The van der Waals surface area contributed by atoms with E-state index < -0.39 is 5.41 Å². The van der Waals surface area contributed by atoms with Crippen LogP contribution in [0.25, 0.3) is 0 Å². The highest BCUT2D eigenvalue weighted by Crippen LogP contribution is 2.52. The maximum absolute atomic E-state index is 12.3. The Kier molecular flexibility index (Phi) is 3.93. The molecule has 4 heteroatoms. The van der Waals surface area contributed by atoms with Gasteiger partial charge in [-0.2, -0.15) is 0 Å². The number of carbonyl (C=O) groups excluding carboxylic acids is 2. The zero-order valence-corrected chi connectivity index (χ0v) is 11.2. The van der Waals surface area contributed by atoms with Crippen LogP contribution in [0.3, 0.4) is 0 Å². The molecule has 102 valence electrons. The van der Waals surface area contributed by atoms with E-state index in [0.29, 0.717) is 5.92 Å². The molecule has 0 aromatic heterocycles. The van der Waals surface area contributed by atoms with E-state index >= 15 is 0 Å². The highest BCUT2D eigenvalue weighted by Gasteiger charge is 2.57. The Morgan fingerprint density at radius 1 is 1.11 bits per heavy atom. The van der Waals surface area contributed by atoms with Crippen LogP contribution in [-0.2, 0) is 19.1 Å². The Balaban J connectivity index is 2.27. The van der Waals surface area contributed by atoms with E-state index in [9.17, 15) is 9.59 Å². The van der Waals surface area contributed by atoms with Crippen LogP contribution in [0.15, 0.2) is 0 Å². The van der Waals surface area contributed by atoms with E-state index in [1.807, 2.05) is 0 Å². The first-order valence-electron chi connectivity index (χ1n) is 6.87. The van der Waals surface area contributed by atoms with Crippen molar-refractivity contribution in [3.8, 4) is 0 Å².